The van der Waals surface area contributed by atoms with Gasteiger partial charge in [-0.25, -0.2) is 0 Å². The Bertz CT molecular complexity index is 778. The lowest BCUT2D eigenvalue weighted by atomic mass is 9.87. The highest BCUT2D eigenvalue weighted by Crippen LogP contribution is 2.39. The van der Waals surface area contributed by atoms with Crippen molar-refractivity contribution in [3.63, 3.8) is 0 Å². The van der Waals surface area contributed by atoms with E-state index in [1.807, 2.05) is 13.0 Å². The number of aromatic hydroxyl groups is 1. The number of phenolic OH excluding ortho intramolecular Hbond substituents is 1. The van der Waals surface area contributed by atoms with Gasteiger partial charge in [0.05, 0.1) is 0 Å². The van der Waals surface area contributed by atoms with E-state index in [2.05, 4.69) is 52.8 Å². The minimum absolute atomic E-state index is 0.118. The molecule has 0 aliphatic carbocycles. The van der Waals surface area contributed by atoms with Crippen molar-refractivity contribution < 1.29 is 9.84 Å². The van der Waals surface area contributed by atoms with Gasteiger partial charge >= 0.3 is 0 Å². The highest BCUT2D eigenvalue weighted by Gasteiger charge is 2.31. The van der Waals surface area contributed by atoms with Gasteiger partial charge in [-0.1, -0.05) is 34.9 Å². The summed E-state index contributed by atoms with van der Waals surface area (Å²) in [6.45, 7) is 13.1. The molecule has 0 spiro atoms. The van der Waals surface area contributed by atoms with E-state index in [-0.39, 0.29) is 5.60 Å². The van der Waals surface area contributed by atoms with Gasteiger partial charge in [-0.05, 0) is 116 Å². The zero-order chi connectivity index (χ0) is 21.4. The lowest BCUT2D eigenvalue weighted by Crippen LogP contribution is -2.36. The maximum Gasteiger partial charge on any atom is 0.126 e. The third-order valence-electron chi connectivity index (χ3n) is 5.90. The molecule has 1 heterocycles. The summed E-state index contributed by atoms with van der Waals surface area (Å²) in [7, 11) is 0. The van der Waals surface area contributed by atoms with Gasteiger partial charge in [0, 0.05) is 0 Å². The van der Waals surface area contributed by atoms with E-state index in [4.69, 9.17) is 4.74 Å². The van der Waals surface area contributed by atoms with Crippen molar-refractivity contribution in [2.24, 2.45) is 0 Å². The molecule has 1 N–H and O–H groups in total. The van der Waals surface area contributed by atoms with Crippen molar-refractivity contribution >= 4 is 0 Å². The molecule has 2 nitrogen and oxygen atoms in total. The summed E-state index contributed by atoms with van der Waals surface area (Å²) in [4.78, 5) is 0. The van der Waals surface area contributed by atoms with Crippen LogP contribution in [-0.2, 0) is 6.42 Å². The molecule has 0 fully saturated rings. The van der Waals surface area contributed by atoms with E-state index in [1.165, 1.54) is 23.1 Å². The average Bonchev–Trinajstić information content (AvgIpc) is 2.62. The molecule has 29 heavy (non-hydrogen) atoms. The Balaban J connectivity index is 1.79. The number of hydrogen-bond donors (Lipinski definition) is 1. The van der Waals surface area contributed by atoms with Crippen molar-refractivity contribution in [1.82, 2.24) is 0 Å². The predicted molar refractivity (Wildman–Crippen MR) is 125 cm³/mol. The van der Waals surface area contributed by atoms with Crippen molar-refractivity contribution in [1.29, 1.82) is 0 Å². The first-order chi connectivity index (χ1) is 13.7. The molecule has 2 heteroatoms. The number of allylic oxidation sites excluding steroid dienone is 6. The van der Waals surface area contributed by atoms with Gasteiger partial charge in [-0.3, -0.25) is 0 Å². The Morgan fingerprint density at radius 3 is 2.28 bits per heavy atom. The molecule has 1 aliphatic rings. The highest BCUT2D eigenvalue weighted by molar-refractivity contribution is 5.47. The van der Waals surface area contributed by atoms with Gasteiger partial charge in [-0.15, -0.1) is 0 Å². The number of aryl methyl sites for hydroxylation is 2. The van der Waals surface area contributed by atoms with Gasteiger partial charge in [0.1, 0.15) is 17.1 Å². The van der Waals surface area contributed by atoms with E-state index < -0.39 is 0 Å². The SMILES string of the molecule is CC(C)=CCCC(C)=CCCC(C)=CCCC1(C)CCc2cc(O)cc(C)c2O1. The Kier molecular flexibility index (Phi) is 8.61. The smallest absolute Gasteiger partial charge is 0.126 e. The first-order valence-corrected chi connectivity index (χ1v) is 11.1. The molecule has 0 saturated heterocycles. The lowest BCUT2D eigenvalue weighted by Gasteiger charge is -2.36. The number of phenols is 1. The van der Waals surface area contributed by atoms with Crippen LogP contribution in [0.25, 0.3) is 0 Å². The average molecular weight is 397 g/mol. The molecule has 0 radical (unpaired) electrons. The van der Waals surface area contributed by atoms with Crippen molar-refractivity contribution in [3.05, 3.63) is 58.2 Å². The summed E-state index contributed by atoms with van der Waals surface area (Å²) in [6.07, 6.45) is 15.8. The molecule has 0 saturated carbocycles. The largest absolute Gasteiger partial charge is 0.508 e. The van der Waals surface area contributed by atoms with Gasteiger partial charge in [0.15, 0.2) is 0 Å². The third-order valence-corrected chi connectivity index (χ3v) is 5.90. The quantitative estimate of drug-likeness (QED) is 0.429. The van der Waals surface area contributed by atoms with Crippen LogP contribution < -0.4 is 4.74 Å². The molecular formula is C27H40O2. The monoisotopic (exact) mass is 396 g/mol. The molecular weight excluding hydrogens is 356 g/mol. The van der Waals surface area contributed by atoms with E-state index in [0.717, 1.165) is 61.8 Å². The second-order valence-corrected chi connectivity index (χ2v) is 9.30. The Morgan fingerprint density at radius 1 is 1.00 bits per heavy atom. The Hall–Kier alpha value is -1.96. The minimum Gasteiger partial charge on any atom is -0.508 e. The number of rotatable bonds is 9. The van der Waals surface area contributed by atoms with E-state index in [9.17, 15) is 5.11 Å². The second-order valence-electron chi connectivity index (χ2n) is 9.30. The molecule has 0 amide bonds. The minimum atomic E-state index is -0.118. The van der Waals surface area contributed by atoms with Crippen LogP contribution in [0.15, 0.2) is 47.1 Å². The Labute approximate surface area is 178 Å². The third kappa shape index (κ3) is 7.76. The van der Waals surface area contributed by atoms with E-state index in [1.54, 1.807) is 6.07 Å². The van der Waals surface area contributed by atoms with Crippen molar-refractivity contribution in [3.8, 4) is 11.5 Å². The summed E-state index contributed by atoms with van der Waals surface area (Å²) in [6, 6.07) is 3.64. The molecule has 2 rings (SSSR count). The van der Waals surface area contributed by atoms with Gasteiger partial charge in [0.2, 0.25) is 0 Å². The van der Waals surface area contributed by atoms with Crippen LogP contribution in [0.4, 0.5) is 0 Å². The number of ether oxygens (including phenoxy) is 1. The van der Waals surface area contributed by atoms with E-state index in [0.29, 0.717) is 5.75 Å². The molecule has 1 unspecified atom stereocenters. The van der Waals surface area contributed by atoms with Crippen LogP contribution in [0.2, 0.25) is 0 Å². The van der Waals surface area contributed by atoms with Gasteiger partial charge < -0.3 is 9.84 Å². The molecule has 0 bridgehead atoms. The van der Waals surface area contributed by atoms with Crippen LogP contribution in [0.5, 0.6) is 11.5 Å². The first kappa shape index (κ1) is 23.3. The van der Waals surface area contributed by atoms with Crippen molar-refractivity contribution in [2.75, 3.05) is 0 Å². The summed E-state index contributed by atoms with van der Waals surface area (Å²) in [5, 5.41) is 9.80. The molecule has 1 aromatic carbocycles. The fourth-order valence-electron chi connectivity index (χ4n) is 3.99. The second kappa shape index (κ2) is 10.7. The zero-order valence-corrected chi connectivity index (χ0v) is 19.4. The van der Waals surface area contributed by atoms with Crippen molar-refractivity contribution in [2.45, 2.75) is 98.5 Å². The highest BCUT2D eigenvalue weighted by atomic mass is 16.5. The summed E-state index contributed by atoms with van der Waals surface area (Å²) >= 11 is 0. The van der Waals surface area contributed by atoms with Crippen LogP contribution in [-0.4, -0.2) is 10.7 Å². The topological polar surface area (TPSA) is 29.5 Å². The van der Waals surface area contributed by atoms with Crippen LogP contribution in [0, 0.1) is 6.92 Å². The molecule has 1 atom stereocenters. The van der Waals surface area contributed by atoms with Crippen LogP contribution in [0.3, 0.4) is 0 Å². The fourth-order valence-corrected chi connectivity index (χ4v) is 3.99. The summed E-state index contributed by atoms with van der Waals surface area (Å²) in [5.74, 6) is 1.32. The predicted octanol–water partition coefficient (Wildman–Crippen LogP) is 7.98. The summed E-state index contributed by atoms with van der Waals surface area (Å²) < 4.78 is 6.40. The van der Waals surface area contributed by atoms with Crippen LogP contribution >= 0.6 is 0 Å². The molecule has 1 aliphatic heterocycles. The van der Waals surface area contributed by atoms with E-state index >= 15 is 0 Å². The maximum absolute atomic E-state index is 9.80. The number of hydrogen-bond acceptors (Lipinski definition) is 2. The Morgan fingerprint density at radius 2 is 1.62 bits per heavy atom. The summed E-state index contributed by atoms with van der Waals surface area (Å²) in [5.41, 5.74) is 6.43. The molecule has 160 valence electrons. The lowest BCUT2D eigenvalue weighted by molar-refractivity contribution is 0.0561. The first-order valence-electron chi connectivity index (χ1n) is 11.1. The normalized spacial score (nSPS) is 19.5. The van der Waals surface area contributed by atoms with Gasteiger partial charge in [-0.2, -0.15) is 0 Å². The molecule has 0 aromatic heterocycles. The van der Waals surface area contributed by atoms with Gasteiger partial charge in [0.25, 0.3) is 0 Å². The van der Waals surface area contributed by atoms with Crippen LogP contribution in [0.1, 0.15) is 90.7 Å². The fraction of sp³-hybridized carbons (Fsp3) is 0.556. The zero-order valence-electron chi connectivity index (χ0n) is 19.4. The standard InChI is InChI=1S/C27H40O2/c1-20(2)10-7-11-21(3)12-8-13-22(4)14-9-16-27(6)17-15-24-19-25(28)18-23(5)26(24)29-27/h10,12,14,18-19,28H,7-9,11,13,15-17H2,1-6H3. The molecule has 1 aromatic rings. The number of benzene rings is 1. The maximum atomic E-state index is 9.80. The number of fused-ring (bicyclic) bond motifs is 1.